The number of halogens is 1. The van der Waals surface area contributed by atoms with Crippen LogP contribution in [0.25, 0.3) is 0 Å². The van der Waals surface area contributed by atoms with Gasteiger partial charge in [0.15, 0.2) is 0 Å². The number of aromatic nitrogens is 1. The number of hydrogen-bond acceptors (Lipinski definition) is 4. The van der Waals surface area contributed by atoms with Crippen LogP contribution >= 0.6 is 11.6 Å². The third-order valence-electron chi connectivity index (χ3n) is 1.54. The molecule has 0 aliphatic carbocycles. The molecule has 0 aliphatic rings. The lowest BCUT2D eigenvalue weighted by atomic mass is 10.5. The van der Waals surface area contributed by atoms with E-state index in [-0.39, 0.29) is 23.0 Å². The summed E-state index contributed by atoms with van der Waals surface area (Å²) in [5.74, 6) is 0. The van der Waals surface area contributed by atoms with Crippen LogP contribution in [0.4, 0.5) is 0 Å². The molecule has 0 saturated carbocycles. The highest BCUT2D eigenvalue weighted by molar-refractivity contribution is 7.89. The molecule has 1 rings (SSSR count). The van der Waals surface area contributed by atoms with Gasteiger partial charge in [0.1, 0.15) is 10.0 Å². The van der Waals surface area contributed by atoms with Gasteiger partial charge in [-0.25, -0.2) is 18.1 Å². The van der Waals surface area contributed by atoms with E-state index in [0.29, 0.717) is 0 Å². The largest absolute Gasteiger partial charge is 0.243 e. The molecule has 0 spiro atoms. The van der Waals surface area contributed by atoms with Crippen molar-refractivity contribution in [2.24, 2.45) is 0 Å². The molecule has 1 heterocycles. The third-order valence-corrected chi connectivity index (χ3v) is 3.21. The molecule has 0 fully saturated rings. The fraction of sp³-hybridized carbons (Fsp3) is 0.250. The normalized spacial score (nSPS) is 10.9. The van der Waals surface area contributed by atoms with Crippen molar-refractivity contribution in [2.75, 3.05) is 6.54 Å². The Labute approximate surface area is 92.8 Å². The first-order valence-corrected chi connectivity index (χ1v) is 5.90. The molecule has 0 aliphatic heterocycles. The summed E-state index contributed by atoms with van der Waals surface area (Å²) in [5, 5.41) is 8.48. The van der Waals surface area contributed by atoms with Crippen LogP contribution < -0.4 is 4.72 Å². The van der Waals surface area contributed by atoms with Crippen LogP contribution in [0.5, 0.6) is 0 Å². The van der Waals surface area contributed by atoms with Crippen molar-refractivity contribution >= 4 is 21.6 Å². The quantitative estimate of drug-likeness (QED) is 0.632. The van der Waals surface area contributed by atoms with E-state index in [1.807, 2.05) is 6.07 Å². The monoisotopic (exact) mass is 245 g/mol. The summed E-state index contributed by atoms with van der Waals surface area (Å²) in [6, 6.07) is 4.58. The number of hydrogen-bond donors (Lipinski definition) is 1. The van der Waals surface area contributed by atoms with Crippen LogP contribution in [-0.4, -0.2) is 19.9 Å². The Kier molecular flexibility index (Phi) is 4.03. The Hall–Kier alpha value is -1.16. The van der Waals surface area contributed by atoms with E-state index in [0.717, 1.165) is 6.20 Å². The van der Waals surface area contributed by atoms with Gasteiger partial charge in [-0.1, -0.05) is 11.6 Å². The molecule has 0 radical (unpaired) electrons. The van der Waals surface area contributed by atoms with Crippen LogP contribution in [0.15, 0.2) is 23.2 Å². The molecular formula is C8H8ClN3O2S. The number of nitriles is 1. The predicted octanol–water partition coefficient (Wildman–Crippen LogP) is 0.927. The van der Waals surface area contributed by atoms with Crippen molar-refractivity contribution < 1.29 is 8.42 Å². The van der Waals surface area contributed by atoms with Crippen molar-refractivity contribution in [3.05, 3.63) is 23.5 Å². The molecule has 0 atom stereocenters. The van der Waals surface area contributed by atoms with Gasteiger partial charge >= 0.3 is 0 Å². The highest BCUT2D eigenvalue weighted by Crippen LogP contribution is 2.10. The fourth-order valence-electron chi connectivity index (χ4n) is 0.846. The molecule has 0 amide bonds. The fourth-order valence-corrected chi connectivity index (χ4v) is 1.93. The number of nitrogens with one attached hydrogen (secondary N) is 1. The summed E-state index contributed by atoms with van der Waals surface area (Å²) in [4.78, 5) is 3.69. The second kappa shape index (κ2) is 5.07. The average molecular weight is 246 g/mol. The molecule has 80 valence electrons. The lowest BCUT2D eigenvalue weighted by Gasteiger charge is -2.03. The smallest absolute Gasteiger partial charge is 0.242 e. The zero-order valence-corrected chi connectivity index (χ0v) is 9.22. The zero-order valence-electron chi connectivity index (χ0n) is 7.64. The van der Waals surface area contributed by atoms with Crippen molar-refractivity contribution in [1.82, 2.24) is 9.71 Å². The second-order valence-electron chi connectivity index (χ2n) is 2.62. The van der Waals surface area contributed by atoms with Crippen LogP contribution in [0.1, 0.15) is 6.42 Å². The Morgan fingerprint density at radius 1 is 1.53 bits per heavy atom. The van der Waals surface area contributed by atoms with Crippen LogP contribution in [0.3, 0.4) is 0 Å². The van der Waals surface area contributed by atoms with Gasteiger partial charge in [-0.15, -0.1) is 0 Å². The molecule has 15 heavy (non-hydrogen) atoms. The zero-order chi connectivity index (χ0) is 11.3. The number of sulfonamides is 1. The second-order valence-corrected chi connectivity index (χ2v) is 4.78. The molecule has 0 saturated heterocycles. The van der Waals surface area contributed by atoms with E-state index in [1.165, 1.54) is 12.1 Å². The third kappa shape index (κ3) is 3.47. The average Bonchev–Trinajstić information content (AvgIpc) is 2.18. The summed E-state index contributed by atoms with van der Waals surface area (Å²) in [6.45, 7) is 0.0848. The van der Waals surface area contributed by atoms with E-state index in [1.54, 1.807) is 0 Å². The van der Waals surface area contributed by atoms with Crippen molar-refractivity contribution in [1.29, 1.82) is 5.26 Å². The summed E-state index contributed by atoms with van der Waals surface area (Å²) in [5.41, 5.74) is 0. The molecule has 1 aromatic heterocycles. The lowest BCUT2D eigenvalue weighted by molar-refractivity contribution is 0.582. The van der Waals surface area contributed by atoms with Gasteiger partial charge in [-0.2, -0.15) is 5.26 Å². The first-order valence-electron chi connectivity index (χ1n) is 4.04. The minimum atomic E-state index is -3.57. The van der Waals surface area contributed by atoms with E-state index in [9.17, 15) is 8.42 Å². The number of rotatable bonds is 4. The van der Waals surface area contributed by atoms with Crippen molar-refractivity contribution in [2.45, 2.75) is 11.3 Å². The molecule has 5 nitrogen and oxygen atoms in total. The van der Waals surface area contributed by atoms with Gasteiger partial charge in [-0.3, -0.25) is 0 Å². The van der Waals surface area contributed by atoms with Gasteiger partial charge in [0, 0.05) is 19.2 Å². The van der Waals surface area contributed by atoms with Gasteiger partial charge in [0.05, 0.1) is 6.07 Å². The SMILES string of the molecule is N#CCCNS(=O)(=O)c1ccc(Cl)nc1. The standard InChI is InChI=1S/C8H8ClN3O2S/c9-8-3-2-7(6-11-8)15(13,14)12-5-1-4-10/h2-3,6,12H,1,5H2. The lowest BCUT2D eigenvalue weighted by Crippen LogP contribution is -2.24. The maximum atomic E-state index is 11.5. The van der Waals surface area contributed by atoms with E-state index in [4.69, 9.17) is 16.9 Å². The highest BCUT2D eigenvalue weighted by Gasteiger charge is 2.12. The molecular weight excluding hydrogens is 238 g/mol. The van der Waals surface area contributed by atoms with E-state index in [2.05, 4.69) is 9.71 Å². The molecule has 0 unspecified atom stereocenters. The van der Waals surface area contributed by atoms with Gasteiger partial charge in [0.25, 0.3) is 0 Å². The Balaban J connectivity index is 2.79. The minimum absolute atomic E-state index is 0.0323. The summed E-state index contributed by atoms with van der Waals surface area (Å²) in [6.07, 6.45) is 1.29. The van der Waals surface area contributed by atoms with Crippen molar-refractivity contribution in [3.63, 3.8) is 0 Å². The van der Waals surface area contributed by atoms with Gasteiger partial charge in [-0.05, 0) is 12.1 Å². The first-order chi connectivity index (χ1) is 7.06. The van der Waals surface area contributed by atoms with Crippen LogP contribution in [0.2, 0.25) is 5.15 Å². The molecule has 1 N–H and O–H groups in total. The van der Waals surface area contributed by atoms with E-state index < -0.39 is 10.0 Å². The maximum absolute atomic E-state index is 11.5. The maximum Gasteiger partial charge on any atom is 0.242 e. The summed E-state index contributed by atoms with van der Waals surface area (Å²) >= 11 is 5.52. The number of pyridine rings is 1. The minimum Gasteiger partial charge on any atom is -0.243 e. The molecule has 1 aromatic rings. The molecule has 0 aromatic carbocycles. The summed E-state index contributed by atoms with van der Waals surface area (Å²) in [7, 11) is -3.57. The molecule has 7 heteroatoms. The Morgan fingerprint density at radius 2 is 2.27 bits per heavy atom. The highest BCUT2D eigenvalue weighted by atomic mass is 35.5. The van der Waals surface area contributed by atoms with Gasteiger partial charge < -0.3 is 0 Å². The molecule has 0 bridgehead atoms. The predicted molar refractivity (Wildman–Crippen MR) is 54.7 cm³/mol. The number of nitrogens with zero attached hydrogens (tertiary/aromatic N) is 2. The Bertz CT molecular complexity index is 464. The van der Waals surface area contributed by atoms with Crippen LogP contribution in [-0.2, 0) is 10.0 Å². The topological polar surface area (TPSA) is 82.9 Å². The van der Waals surface area contributed by atoms with Crippen molar-refractivity contribution in [3.8, 4) is 6.07 Å². The summed E-state index contributed by atoms with van der Waals surface area (Å²) < 4.78 is 25.3. The van der Waals surface area contributed by atoms with Crippen LogP contribution in [0, 0.1) is 11.3 Å². The first kappa shape index (κ1) is 11.9. The Morgan fingerprint density at radius 3 is 2.80 bits per heavy atom. The van der Waals surface area contributed by atoms with Gasteiger partial charge in [0.2, 0.25) is 10.0 Å². The van der Waals surface area contributed by atoms with E-state index >= 15 is 0 Å².